The van der Waals surface area contributed by atoms with Gasteiger partial charge in [0.1, 0.15) is 0 Å². The minimum atomic E-state index is -0.826. The molecule has 2 N–H and O–H groups in total. The van der Waals surface area contributed by atoms with E-state index in [1.165, 1.54) is 109 Å². The van der Waals surface area contributed by atoms with Gasteiger partial charge < -0.3 is 15.3 Å². The molecule has 0 unspecified atom stereocenters. The average molecular weight is 659 g/mol. The summed E-state index contributed by atoms with van der Waals surface area (Å²) in [5.41, 5.74) is 3.48. The van der Waals surface area contributed by atoms with E-state index in [9.17, 15) is 9.90 Å². The zero-order chi connectivity index (χ0) is 34.3. The highest BCUT2D eigenvalue weighted by Gasteiger charge is 2.71. The van der Waals surface area contributed by atoms with E-state index in [0.29, 0.717) is 39.2 Å². The molecule has 48 heavy (non-hydrogen) atoms. The molecular formula is C44H70N2O2. The number of nitrogens with zero attached hydrogens (tertiary/aromatic N) is 1. The van der Waals surface area contributed by atoms with Gasteiger partial charge in [-0.2, -0.15) is 0 Å². The molecule has 1 aromatic carbocycles. The van der Waals surface area contributed by atoms with Crippen LogP contribution in [-0.4, -0.2) is 47.7 Å². The summed E-state index contributed by atoms with van der Waals surface area (Å²) in [6, 6.07) is 7.92. The van der Waals surface area contributed by atoms with Gasteiger partial charge in [-0.3, -0.25) is 0 Å². The molecule has 5 saturated carbocycles. The van der Waals surface area contributed by atoms with E-state index in [1.807, 2.05) is 12.1 Å². The predicted molar refractivity (Wildman–Crippen MR) is 198 cm³/mol. The molecule has 4 nitrogen and oxygen atoms in total. The summed E-state index contributed by atoms with van der Waals surface area (Å²) in [7, 11) is 0. The number of fused-ring (bicyclic) bond motifs is 7. The Morgan fingerprint density at radius 2 is 1.54 bits per heavy atom. The summed E-state index contributed by atoms with van der Waals surface area (Å²) in [5, 5.41) is 13.9. The van der Waals surface area contributed by atoms with Crippen LogP contribution in [0.15, 0.2) is 24.3 Å². The van der Waals surface area contributed by atoms with Gasteiger partial charge in [0.25, 0.3) is 0 Å². The standard InChI is InChI=1S/C44H70N2O2/c1-29(2)33-15-22-44(45-25-28-46-26-18-30(3)19-27-46)24-23-42(7)35(38(33)44)13-14-37-41(6)20-16-34(31-9-11-32(12-10-31)39(47)48)40(4,5)36(41)17-21-43(37,42)8/h9-12,29-30,33-38,45H,13-28H2,1-8H3,(H,47,48)/t33-,34-,35+,36-,37+,38+,41-,42+,43+,44-/m0/s1. The van der Waals surface area contributed by atoms with Crippen LogP contribution in [0.3, 0.4) is 0 Å². The molecule has 1 aromatic rings. The molecule has 0 spiro atoms. The number of hydrogen-bond donors (Lipinski definition) is 2. The van der Waals surface area contributed by atoms with Crippen molar-refractivity contribution in [2.24, 2.45) is 63.1 Å². The van der Waals surface area contributed by atoms with Gasteiger partial charge in [-0.25, -0.2) is 4.79 Å². The van der Waals surface area contributed by atoms with Crippen molar-refractivity contribution in [3.63, 3.8) is 0 Å². The maximum atomic E-state index is 11.6. The topological polar surface area (TPSA) is 52.6 Å². The number of nitrogens with one attached hydrogen (secondary N) is 1. The van der Waals surface area contributed by atoms with Crippen LogP contribution in [0.25, 0.3) is 0 Å². The number of likely N-dealkylation sites (tertiary alicyclic amines) is 1. The second-order valence-electron chi connectivity index (χ2n) is 20.1. The Kier molecular flexibility index (Phi) is 9.04. The molecule has 0 amide bonds. The van der Waals surface area contributed by atoms with Gasteiger partial charge in [-0.15, -0.1) is 0 Å². The zero-order valence-corrected chi connectivity index (χ0v) is 32.0. The number of carboxylic acids is 1. The molecule has 268 valence electrons. The van der Waals surface area contributed by atoms with Gasteiger partial charge in [-0.05, 0) is 177 Å². The summed E-state index contributed by atoms with van der Waals surface area (Å²) in [6.07, 6.45) is 16.5. The Morgan fingerprint density at radius 1 is 0.833 bits per heavy atom. The maximum Gasteiger partial charge on any atom is 0.335 e. The third-order valence-electron chi connectivity index (χ3n) is 17.7. The summed E-state index contributed by atoms with van der Waals surface area (Å²) in [6.45, 7) is 26.0. The van der Waals surface area contributed by atoms with Crippen molar-refractivity contribution in [3.05, 3.63) is 35.4 Å². The molecule has 7 rings (SSSR count). The number of piperidine rings is 1. The quantitative estimate of drug-likeness (QED) is 0.306. The largest absolute Gasteiger partial charge is 0.478 e. The summed E-state index contributed by atoms with van der Waals surface area (Å²) >= 11 is 0. The second-order valence-corrected chi connectivity index (χ2v) is 20.1. The average Bonchev–Trinajstić information content (AvgIpc) is 3.42. The number of carboxylic acid groups (broad SMARTS) is 1. The van der Waals surface area contributed by atoms with Crippen molar-refractivity contribution >= 4 is 5.97 Å². The van der Waals surface area contributed by atoms with Crippen LogP contribution >= 0.6 is 0 Å². The maximum absolute atomic E-state index is 11.6. The predicted octanol–water partition coefficient (Wildman–Crippen LogP) is 10.3. The summed E-state index contributed by atoms with van der Waals surface area (Å²) in [4.78, 5) is 14.3. The third-order valence-corrected chi connectivity index (χ3v) is 17.7. The van der Waals surface area contributed by atoms with Crippen LogP contribution in [0.4, 0.5) is 0 Å². The van der Waals surface area contributed by atoms with Crippen molar-refractivity contribution in [2.75, 3.05) is 26.2 Å². The lowest BCUT2D eigenvalue weighted by Crippen LogP contribution is -2.68. The van der Waals surface area contributed by atoms with Crippen LogP contribution in [-0.2, 0) is 0 Å². The van der Waals surface area contributed by atoms with Gasteiger partial charge in [0.2, 0.25) is 0 Å². The SMILES string of the molecule is CC1CCN(CCN[C@]23CC[C@@H](C(C)C)[C@@H]2[C@H]2CC[C@@H]4[C@@]5(C)CC[C@@H](c6ccc(C(=O)O)cc6)C(C)(C)[C@@H]5CC[C@@]4(C)[C@]2(C)CC3)CC1. The number of carbonyl (C=O) groups is 1. The highest BCUT2D eigenvalue weighted by molar-refractivity contribution is 5.87. The zero-order valence-electron chi connectivity index (χ0n) is 32.0. The Bertz CT molecular complexity index is 1330. The van der Waals surface area contributed by atoms with Crippen molar-refractivity contribution in [2.45, 2.75) is 144 Å². The van der Waals surface area contributed by atoms with Crippen LogP contribution in [0, 0.1) is 63.1 Å². The first-order valence-corrected chi connectivity index (χ1v) is 20.5. The van der Waals surface area contributed by atoms with Gasteiger partial charge >= 0.3 is 5.97 Å². The summed E-state index contributed by atoms with van der Waals surface area (Å²) in [5.74, 6) is 5.35. The Hall–Kier alpha value is -1.39. The fraction of sp³-hybridized carbons (Fsp3) is 0.841. The third kappa shape index (κ3) is 5.29. The van der Waals surface area contributed by atoms with E-state index in [4.69, 9.17) is 0 Å². The molecular weight excluding hydrogens is 588 g/mol. The first kappa shape index (κ1) is 35.0. The molecule has 6 fully saturated rings. The molecule has 6 aliphatic rings. The van der Waals surface area contributed by atoms with Crippen molar-refractivity contribution in [1.29, 1.82) is 0 Å². The van der Waals surface area contributed by atoms with Gasteiger partial charge in [-0.1, -0.05) is 67.5 Å². The molecule has 1 saturated heterocycles. The van der Waals surface area contributed by atoms with E-state index >= 15 is 0 Å². The number of rotatable bonds is 7. The summed E-state index contributed by atoms with van der Waals surface area (Å²) < 4.78 is 0. The fourth-order valence-electron chi connectivity index (χ4n) is 14.9. The lowest BCUT2D eigenvalue weighted by atomic mass is 9.32. The van der Waals surface area contributed by atoms with Crippen LogP contribution in [0.2, 0.25) is 0 Å². The molecule has 10 atom stereocenters. The minimum Gasteiger partial charge on any atom is -0.478 e. The molecule has 1 aliphatic heterocycles. The van der Waals surface area contributed by atoms with Crippen molar-refractivity contribution in [1.82, 2.24) is 10.2 Å². The van der Waals surface area contributed by atoms with E-state index in [2.05, 4.69) is 77.7 Å². The number of benzene rings is 1. The number of hydrogen-bond acceptors (Lipinski definition) is 3. The highest BCUT2D eigenvalue weighted by Crippen LogP contribution is 2.77. The van der Waals surface area contributed by atoms with E-state index in [-0.39, 0.29) is 5.41 Å². The minimum absolute atomic E-state index is 0.197. The molecule has 0 bridgehead atoms. The number of aromatic carboxylic acids is 1. The monoisotopic (exact) mass is 659 g/mol. The first-order valence-electron chi connectivity index (χ1n) is 20.5. The fourth-order valence-corrected chi connectivity index (χ4v) is 14.9. The molecule has 0 radical (unpaired) electrons. The molecule has 4 heteroatoms. The van der Waals surface area contributed by atoms with Gasteiger partial charge in [0, 0.05) is 18.6 Å². The smallest absolute Gasteiger partial charge is 0.335 e. The second kappa shape index (κ2) is 12.4. The Morgan fingerprint density at radius 3 is 2.21 bits per heavy atom. The van der Waals surface area contributed by atoms with Crippen molar-refractivity contribution in [3.8, 4) is 0 Å². The highest BCUT2D eigenvalue weighted by atomic mass is 16.4. The van der Waals surface area contributed by atoms with E-state index in [1.54, 1.807) is 0 Å². The van der Waals surface area contributed by atoms with E-state index in [0.717, 1.165) is 35.5 Å². The molecule has 5 aliphatic carbocycles. The lowest BCUT2D eigenvalue weighted by Gasteiger charge is -2.73. The lowest BCUT2D eigenvalue weighted by molar-refractivity contribution is -0.235. The van der Waals surface area contributed by atoms with Crippen molar-refractivity contribution < 1.29 is 9.90 Å². The van der Waals surface area contributed by atoms with Crippen LogP contribution in [0.1, 0.15) is 154 Å². The molecule has 0 aromatic heterocycles. The van der Waals surface area contributed by atoms with Gasteiger partial charge in [0.05, 0.1) is 5.56 Å². The first-order chi connectivity index (χ1) is 22.7. The van der Waals surface area contributed by atoms with Gasteiger partial charge in [0.15, 0.2) is 0 Å². The Labute approximate surface area is 294 Å². The molecule has 1 heterocycles. The van der Waals surface area contributed by atoms with E-state index < -0.39 is 5.97 Å². The normalized spacial score (nSPS) is 44.4. The Balaban J connectivity index is 1.13. The van der Waals surface area contributed by atoms with Crippen LogP contribution in [0.5, 0.6) is 0 Å². The van der Waals surface area contributed by atoms with Crippen LogP contribution < -0.4 is 5.32 Å².